The fraction of sp³-hybridized carbons (Fsp3) is 0.500. The van der Waals surface area contributed by atoms with Gasteiger partial charge in [-0.25, -0.2) is 4.39 Å². The van der Waals surface area contributed by atoms with Crippen molar-refractivity contribution in [2.24, 2.45) is 5.92 Å². The minimum absolute atomic E-state index is 0.0814. The molecule has 0 amide bonds. The molecule has 1 aromatic rings. The highest BCUT2D eigenvalue weighted by Crippen LogP contribution is 2.29. The number of aldehydes is 1. The van der Waals surface area contributed by atoms with Gasteiger partial charge in [0.25, 0.3) is 0 Å². The molecule has 0 radical (unpaired) electrons. The number of carbonyl (C=O) groups excluding carboxylic acids is 1. The van der Waals surface area contributed by atoms with Gasteiger partial charge in [-0.1, -0.05) is 13.0 Å². The van der Waals surface area contributed by atoms with Crippen molar-refractivity contribution in [2.45, 2.75) is 19.4 Å². The molecule has 0 N–H and O–H groups in total. The number of piperidine rings is 1. The van der Waals surface area contributed by atoms with Gasteiger partial charge in [0.05, 0.1) is 11.8 Å². The molecular formula is C14H18FNO2. The molecule has 98 valence electrons. The largest absolute Gasteiger partial charge is 0.379 e. The van der Waals surface area contributed by atoms with Crippen LogP contribution >= 0.6 is 0 Å². The van der Waals surface area contributed by atoms with Crippen molar-refractivity contribution in [1.29, 1.82) is 0 Å². The van der Waals surface area contributed by atoms with Crippen molar-refractivity contribution in [3.8, 4) is 0 Å². The third-order valence-electron chi connectivity index (χ3n) is 3.65. The van der Waals surface area contributed by atoms with E-state index in [1.165, 1.54) is 6.07 Å². The van der Waals surface area contributed by atoms with Gasteiger partial charge in [-0.2, -0.15) is 0 Å². The highest BCUT2D eigenvalue weighted by Gasteiger charge is 2.28. The van der Waals surface area contributed by atoms with Crippen LogP contribution in [0.15, 0.2) is 18.2 Å². The van der Waals surface area contributed by atoms with E-state index in [-0.39, 0.29) is 11.9 Å². The van der Waals surface area contributed by atoms with Crippen molar-refractivity contribution in [2.75, 3.05) is 25.1 Å². The van der Waals surface area contributed by atoms with Crippen molar-refractivity contribution in [3.05, 3.63) is 29.6 Å². The molecule has 2 atom stereocenters. The minimum Gasteiger partial charge on any atom is -0.379 e. The summed E-state index contributed by atoms with van der Waals surface area (Å²) in [6, 6.07) is 4.59. The molecule has 2 rings (SSSR count). The SMILES string of the molecule is COC1CN(c2c(F)cccc2C=O)CCC1C. The van der Waals surface area contributed by atoms with E-state index in [2.05, 4.69) is 6.92 Å². The number of carbonyl (C=O) groups is 1. The van der Waals surface area contributed by atoms with E-state index in [1.807, 2.05) is 4.90 Å². The average Bonchev–Trinajstić information content (AvgIpc) is 2.39. The topological polar surface area (TPSA) is 29.5 Å². The summed E-state index contributed by atoms with van der Waals surface area (Å²) in [5.41, 5.74) is 0.806. The molecule has 1 heterocycles. The van der Waals surface area contributed by atoms with Gasteiger partial charge < -0.3 is 9.64 Å². The van der Waals surface area contributed by atoms with Crippen LogP contribution in [0, 0.1) is 11.7 Å². The van der Waals surface area contributed by atoms with Gasteiger partial charge in [0, 0.05) is 25.8 Å². The Balaban J connectivity index is 2.29. The normalized spacial score (nSPS) is 24.1. The number of para-hydroxylation sites is 1. The van der Waals surface area contributed by atoms with E-state index < -0.39 is 0 Å². The highest BCUT2D eigenvalue weighted by atomic mass is 19.1. The fourth-order valence-corrected chi connectivity index (χ4v) is 2.50. The van der Waals surface area contributed by atoms with Crippen molar-refractivity contribution < 1.29 is 13.9 Å². The summed E-state index contributed by atoms with van der Waals surface area (Å²) in [5.74, 6) is 0.113. The highest BCUT2D eigenvalue weighted by molar-refractivity contribution is 5.84. The number of benzene rings is 1. The van der Waals surface area contributed by atoms with Gasteiger partial charge in [-0.05, 0) is 24.5 Å². The van der Waals surface area contributed by atoms with Crippen molar-refractivity contribution >= 4 is 12.0 Å². The number of methoxy groups -OCH3 is 1. The van der Waals surface area contributed by atoms with Crippen LogP contribution in [0.5, 0.6) is 0 Å². The minimum atomic E-state index is -0.344. The van der Waals surface area contributed by atoms with Crippen LogP contribution in [0.3, 0.4) is 0 Å². The Kier molecular flexibility index (Phi) is 3.97. The van der Waals surface area contributed by atoms with Gasteiger partial charge in [0.1, 0.15) is 5.82 Å². The molecule has 0 bridgehead atoms. The molecule has 2 unspecified atom stereocenters. The predicted octanol–water partition coefficient (Wildman–Crippen LogP) is 2.50. The van der Waals surface area contributed by atoms with E-state index >= 15 is 0 Å². The van der Waals surface area contributed by atoms with Crippen LogP contribution in [0.4, 0.5) is 10.1 Å². The molecule has 18 heavy (non-hydrogen) atoms. The molecule has 1 aromatic carbocycles. The van der Waals surface area contributed by atoms with Gasteiger partial charge in [0.2, 0.25) is 0 Å². The van der Waals surface area contributed by atoms with Gasteiger partial charge in [-0.3, -0.25) is 4.79 Å². The van der Waals surface area contributed by atoms with E-state index in [1.54, 1.807) is 19.2 Å². The van der Waals surface area contributed by atoms with Crippen LogP contribution in [0.25, 0.3) is 0 Å². The number of anilines is 1. The Morgan fingerprint density at radius 3 is 2.94 bits per heavy atom. The second-order valence-electron chi connectivity index (χ2n) is 4.78. The lowest BCUT2D eigenvalue weighted by atomic mass is 9.95. The molecule has 0 saturated carbocycles. The Labute approximate surface area is 107 Å². The zero-order valence-corrected chi connectivity index (χ0v) is 10.7. The van der Waals surface area contributed by atoms with E-state index in [0.717, 1.165) is 13.0 Å². The number of nitrogens with zero attached hydrogens (tertiary/aromatic N) is 1. The number of hydrogen-bond donors (Lipinski definition) is 0. The molecule has 1 aliphatic rings. The third-order valence-corrected chi connectivity index (χ3v) is 3.65. The lowest BCUT2D eigenvalue weighted by molar-refractivity contribution is 0.0496. The molecule has 0 spiro atoms. The number of ether oxygens (including phenoxy) is 1. The third kappa shape index (κ3) is 2.38. The second-order valence-corrected chi connectivity index (χ2v) is 4.78. The molecule has 1 fully saturated rings. The van der Waals surface area contributed by atoms with Crippen LogP contribution in [-0.2, 0) is 4.74 Å². The Bertz CT molecular complexity index is 436. The second kappa shape index (κ2) is 5.48. The van der Waals surface area contributed by atoms with E-state index in [4.69, 9.17) is 4.74 Å². The van der Waals surface area contributed by atoms with Gasteiger partial charge in [0.15, 0.2) is 6.29 Å². The Morgan fingerprint density at radius 2 is 2.28 bits per heavy atom. The van der Waals surface area contributed by atoms with Crippen molar-refractivity contribution in [3.63, 3.8) is 0 Å². The summed E-state index contributed by atoms with van der Waals surface area (Å²) >= 11 is 0. The van der Waals surface area contributed by atoms with Gasteiger partial charge in [-0.15, -0.1) is 0 Å². The van der Waals surface area contributed by atoms with Crippen LogP contribution in [0.1, 0.15) is 23.7 Å². The zero-order chi connectivity index (χ0) is 13.1. The predicted molar refractivity (Wildman–Crippen MR) is 68.6 cm³/mol. The lowest BCUT2D eigenvalue weighted by Crippen LogP contribution is -2.44. The summed E-state index contributed by atoms with van der Waals surface area (Å²) < 4.78 is 19.3. The monoisotopic (exact) mass is 251 g/mol. The number of hydrogen-bond acceptors (Lipinski definition) is 3. The first-order valence-corrected chi connectivity index (χ1v) is 6.18. The first-order valence-electron chi connectivity index (χ1n) is 6.18. The maximum atomic E-state index is 13.9. The summed E-state index contributed by atoms with van der Waals surface area (Å²) in [5, 5.41) is 0. The molecule has 4 heteroatoms. The summed E-state index contributed by atoms with van der Waals surface area (Å²) in [7, 11) is 1.67. The molecular weight excluding hydrogens is 233 g/mol. The fourth-order valence-electron chi connectivity index (χ4n) is 2.50. The molecule has 3 nitrogen and oxygen atoms in total. The molecule has 0 aromatic heterocycles. The molecule has 0 aliphatic carbocycles. The van der Waals surface area contributed by atoms with Gasteiger partial charge >= 0.3 is 0 Å². The number of halogens is 1. The quantitative estimate of drug-likeness (QED) is 0.773. The van der Waals surface area contributed by atoms with E-state index in [9.17, 15) is 9.18 Å². The summed E-state index contributed by atoms with van der Waals surface area (Å²) in [4.78, 5) is 12.9. The summed E-state index contributed by atoms with van der Waals surface area (Å²) in [6.07, 6.45) is 1.72. The van der Waals surface area contributed by atoms with Crippen LogP contribution < -0.4 is 4.90 Å². The van der Waals surface area contributed by atoms with E-state index in [0.29, 0.717) is 30.0 Å². The zero-order valence-electron chi connectivity index (χ0n) is 10.7. The maximum absolute atomic E-state index is 13.9. The van der Waals surface area contributed by atoms with Crippen molar-refractivity contribution in [1.82, 2.24) is 0 Å². The van der Waals surface area contributed by atoms with Crippen LogP contribution in [0.2, 0.25) is 0 Å². The number of rotatable bonds is 3. The Hall–Kier alpha value is -1.42. The maximum Gasteiger partial charge on any atom is 0.152 e. The standard InChI is InChI=1S/C14H18FNO2/c1-10-6-7-16(8-13(10)18-2)14-11(9-17)4-3-5-12(14)15/h3-5,9-10,13H,6-8H2,1-2H3. The first-order chi connectivity index (χ1) is 8.67. The lowest BCUT2D eigenvalue weighted by Gasteiger charge is -2.38. The smallest absolute Gasteiger partial charge is 0.152 e. The molecule has 1 aliphatic heterocycles. The Morgan fingerprint density at radius 1 is 1.50 bits per heavy atom. The average molecular weight is 251 g/mol. The summed E-state index contributed by atoms with van der Waals surface area (Å²) in [6.45, 7) is 3.51. The van der Waals surface area contributed by atoms with Crippen LogP contribution in [-0.4, -0.2) is 32.6 Å². The first kappa shape index (κ1) is 13.0. The molecule has 1 saturated heterocycles.